The van der Waals surface area contributed by atoms with Crippen molar-refractivity contribution in [3.63, 3.8) is 0 Å². The van der Waals surface area contributed by atoms with Crippen LogP contribution in [0.15, 0.2) is 60.8 Å². The fourth-order valence-electron chi connectivity index (χ4n) is 8.47. The largest absolute Gasteiger partial charge is 0.361 e. The number of ether oxygens (including phenoxy) is 1. The number of aromatic nitrogens is 1. The monoisotopic (exact) mass is 609 g/mol. The van der Waals surface area contributed by atoms with Crippen molar-refractivity contribution in [3.05, 3.63) is 77.5 Å². The van der Waals surface area contributed by atoms with Crippen molar-refractivity contribution in [2.45, 2.75) is 69.3 Å². The van der Waals surface area contributed by atoms with Crippen molar-refractivity contribution in [2.75, 3.05) is 20.1 Å². The van der Waals surface area contributed by atoms with E-state index in [1.54, 1.807) is 18.7 Å². The van der Waals surface area contributed by atoms with Gasteiger partial charge in [0.25, 0.3) is 11.8 Å². The highest BCUT2D eigenvalue weighted by atomic mass is 16.7. The summed E-state index contributed by atoms with van der Waals surface area (Å²) >= 11 is 0. The molecule has 45 heavy (non-hydrogen) atoms. The molecule has 3 amide bonds. The standard InChI is InChI=1S/C35H39N5O5/c1-20(2)34(37-31(41)23-16-25-24-11-7-12-26-30(24)22(18-36-26)17-27(25)38(3)19-23)33(43)40-28(15-21-9-5-4-6-10-21)32(42)39-14-8-13-29(39)35(40,44)45-34/h4-7,9-12,16,18,20,23,27-29,36,44H,8,13-15,17,19H2,1-3H3,(H,37,41)/t23-,27+,28-,29+,34-,35+/m1/s1. The Kier molecular flexibility index (Phi) is 6.33. The second-order valence-electron chi connectivity index (χ2n) is 13.6. The maximum Gasteiger partial charge on any atom is 0.281 e. The van der Waals surface area contributed by atoms with Gasteiger partial charge in [-0.1, -0.05) is 62.4 Å². The van der Waals surface area contributed by atoms with E-state index in [0.29, 0.717) is 25.9 Å². The molecule has 0 saturated carbocycles. The Bertz CT molecular complexity index is 1750. The quantitative estimate of drug-likeness (QED) is 0.410. The number of rotatable bonds is 5. The van der Waals surface area contributed by atoms with E-state index in [9.17, 15) is 19.5 Å². The minimum absolute atomic E-state index is 0.138. The molecule has 10 nitrogen and oxygen atoms in total. The Balaban J connectivity index is 1.15. The van der Waals surface area contributed by atoms with E-state index in [4.69, 9.17) is 4.74 Å². The van der Waals surface area contributed by atoms with E-state index in [-0.39, 0.29) is 24.3 Å². The van der Waals surface area contributed by atoms with Crippen LogP contribution in [0.4, 0.5) is 0 Å². The summed E-state index contributed by atoms with van der Waals surface area (Å²) in [5.41, 5.74) is 3.59. The molecule has 5 heterocycles. The zero-order valence-electron chi connectivity index (χ0n) is 25.8. The van der Waals surface area contributed by atoms with Crippen LogP contribution in [0.5, 0.6) is 0 Å². The van der Waals surface area contributed by atoms with Crippen LogP contribution in [0.3, 0.4) is 0 Å². The molecule has 3 fully saturated rings. The van der Waals surface area contributed by atoms with Crippen LogP contribution in [0.2, 0.25) is 0 Å². The van der Waals surface area contributed by atoms with Crippen molar-refractivity contribution < 1.29 is 24.2 Å². The summed E-state index contributed by atoms with van der Waals surface area (Å²) in [6, 6.07) is 14.2. The molecule has 0 radical (unpaired) electrons. The maximum absolute atomic E-state index is 14.6. The van der Waals surface area contributed by atoms with Gasteiger partial charge in [0.2, 0.25) is 17.5 Å². The molecule has 0 unspecified atom stereocenters. The number of hydrogen-bond acceptors (Lipinski definition) is 6. The number of aromatic amines is 1. The number of fused-ring (bicyclic) bond motifs is 5. The Morgan fingerprint density at radius 2 is 1.96 bits per heavy atom. The van der Waals surface area contributed by atoms with Gasteiger partial charge in [-0.3, -0.25) is 28.9 Å². The number of likely N-dealkylation sites (N-methyl/N-ethyl adjacent to an activating group) is 1. The predicted molar refractivity (Wildman–Crippen MR) is 167 cm³/mol. The van der Waals surface area contributed by atoms with Gasteiger partial charge in [0.15, 0.2) is 0 Å². The number of nitrogens with zero attached hydrogens (tertiary/aromatic N) is 3. The molecule has 234 valence electrons. The molecule has 0 bridgehead atoms. The fourth-order valence-corrected chi connectivity index (χ4v) is 8.47. The summed E-state index contributed by atoms with van der Waals surface area (Å²) in [7, 11) is 2.03. The first-order valence-electron chi connectivity index (χ1n) is 16.1. The summed E-state index contributed by atoms with van der Waals surface area (Å²) in [6.45, 7) is 4.56. The molecule has 5 aliphatic rings. The summed E-state index contributed by atoms with van der Waals surface area (Å²) in [5, 5.41) is 16.5. The van der Waals surface area contributed by atoms with Gasteiger partial charge in [0, 0.05) is 48.6 Å². The smallest absolute Gasteiger partial charge is 0.281 e. The van der Waals surface area contributed by atoms with Crippen molar-refractivity contribution >= 4 is 34.2 Å². The molecule has 2 aromatic carbocycles. The van der Waals surface area contributed by atoms with Gasteiger partial charge in [-0.25, -0.2) is 0 Å². The number of carbonyl (C=O) groups excluding carboxylic acids is 3. The van der Waals surface area contributed by atoms with Gasteiger partial charge < -0.3 is 20.3 Å². The Morgan fingerprint density at radius 3 is 2.73 bits per heavy atom. The molecule has 1 aliphatic carbocycles. The van der Waals surface area contributed by atoms with Crippen LogP contribution < -0.4 is 5.32 Å². The summed E-state index contributed by atoms with van der Waals surface area (Å²) in [4.78, 5) is 51.2. The van der Waals surface area contributed by atoms with Crippen LogP contribution in [-0.2, 0) is 32.0 Å². The molecular weight excluding hydrogens is 570 g/mol. The average Bonchev–Trinajstić information content (AvgIpc) is 3.74. The number of carbonyl (C=O) groups is 3. The van der Waals surface area contributed by atoms with E-state index in [1.807, 2.05) is 49.5 Å². The minimum Gasteiger partial charge on any atom is -0.361 e. The third-order valence-electron chi connectivity index (χ3n) is 10.8. The van der Waals surface area contributed by atoms with E-state index in [1.165, 1.54) is 15.8 Å². The van der Waals surface area contributed by atoms with Gasteiger partial charge in [-0.05, 0) is 54.6 Å². The summed E-state index contributed by atoms with van der Waals surface area (Å²) < 4.78 is 6.49. The number of benzene rings is 2. The highest BCUT2D eigenvalue weighted by Crippen LogP contribution is 2.48. The second kappa shape index (κ2) is 10.0. The summed E-state index contributed by atoms with van der Waals surface area (Å²) in [5.74, 6) is -4.27. The van der Waals surface area contributed by atoms with Crippen LogP contribution in [-0.4, -0.2) is 92.4 Å². The van der Waals surface area contributed by atoms with Crippen LogP contribution in [0.1, 0.15) is 43.4 Å². The molecule has 3 aromatic rings. The van der Waals surface area contributed by atoms with Crippen LogP contribution in [0.25, 0.3) is 16.5 Å². The SMILES string of the molecule is CC(C)[C@@]1(NC(=O)[C@@H]2C=C3c4cccc5[nH]cc(c45)C[C@@H]3N(C)C2)O[C@@]2(O)[C@@H]3CCCN3C(=O)[C@@H](Cc3ccccc3)N2C1=O. The number of aliphatic hydroxyl groups is 1. The topological polar surface area (TPSA) is 118 Å². The van der Waals surface area contributed by atoms with E-state index >= 15 is 0 Å². The number of hydrogen-bond donors (Lipinski definition) is 3. The number of amides is 3. The lowest BCUT2D eigenvalue weighted by Gasteiger charge is -2.48. The zero-order chi connectivity index (χ0) is 31.2. The van der Waals surface area contributed by atoms with E-state index in [2.05, 4.69) is 33.5 Å². The van der Waals surface area contributed by atoms with Gasteiger partial charge in [-0.2, -0.15) is 0 Å². The predicted octanol–water partition coefficient (Wildman–Crippen LogP) is 2.63. The zero-order valence-corrected chi connectivity index (χ0v) is 25.8. The lowest BCUT2D eigenvalue weighted by atomic mass is 9.79. The Hall–Kier alpha value is -3.99. The first-order valence-corrected chi connectivity index (χ1v) is 16.1. The Labute approximate surface area is 262 Å². The van der Waals surface area contributed by atoms with Crippen molar-refractivity contribution in [1.82, 2.24) is 25.0 Å². The third kappa shape index (κ3) is 4.01. The molecule has 0 spiro atoms. The molecular formula is C35H39N5O5. The second-order valence-corrected chi connectivity index (χ2v) is 13.6. The lowest BCUT2D eigenvalue weighted by Crippen LogP contribution is -2.71. The van der Waals surface area contributed by atoms with Gasteiger partial charge >= 0.3 is 0 Å². The number of nitrogens with one attached hydrogen (secondary N) is 2. The molecule has 3 saturated heterocycles. The Morgan fingerprint density at radius 1 is 1.16 bits per heavy atom. The van der Waals surface area contributed by atoms with Crippen LogP contribution >= 0.6 is 0 Å². The average molecular weight is 610 g/mol. The highest BCUT2D eigenvalue weighted by Gasteiger charge is 2.72. The normalized spacial score (nSPS) is 32.5. The molecule has 10 heteroatoms. The molecule has 8 rings (SSSR count). The fraction of sp³-hybridized carbons (Fsp3) is 0.457. The lowest BCUT2D eigenvalue weighted by molar-refractivity contribution is -0.321. The van der Waals surface area contributed by atoms with E-state index < -0.39 is 41.5 Å². The third-order valence-corrected chi connectivity index (χ3v) is 10.8. The number of piperazine rings is 1. The van der Waals surface area contributed by atoms with E-state index in [0.717, 1.165) is 28.6 Å². The number of H-pyrrole nitrogens is 1. The first kappa shape index (κ1) is 28.5. The molecule has 6 atom stereocenters. The molecule has 1 aromatic heterocycles. The van der Waals surface area contributed by atoms with Crippen LogP contribution in [0, 0.1) is 11.8 Å². The minimum atomic E-state index is -2.06. The van der Waals surface area contributed by atoms with Crippen molar-refractivity contribution in [1.29, 1.82) is 0 Å². The van der Waals surface area contributed by atoms with Crippen molar-refractivity contribution in [2.24, 2.45) is 11.8 Å². The maximum atomic E-state index is 14.6. The van der Waals surface area contributed by atoms with Gasteiger partial charge in [0.1, 0.15) is 12.1 Å². The molecule has 3 N–H and O–H groups in total. The first-order chi connectivity index (χ1) is 21.6. The summed E-state index contributed by atoms with van der Waals surface area (Å²) in [6.07, 6.45) is 6.40. The highest BCUT2D eigenvalue weighted by molar-refractivity contribution is 6.01. The van der Waals surface area contributed by atoms with Gasteiger partial charge in [0.05, 0.1) is 5.92 Å². The van der Waals surface area contributed by atoms with Gasteiger partial charge in [-0.15, -0.1) is 0 Å². The molecule has 4 aliphatic heterocycles. The van der Waals surface area contributed by atoms with Crippen molar-refractivity contribution in [3.8, 4) is 0 Å².